The lowest BCUT2D eigenvalue weighted by atomic mass is 9.91. The largest absolute Gasteiger partial charge is 0.417 e. The van der Waals surface area contributed by atoms with E-state index in [1.807, 2.05) is 0 Å². The first-order valence-electron chi connectivity index (χ1n) is 9.42. The zero-order chi connectivity index (χ0) is 20.6. The molecule has 10 heteroatoms. The summed E-state index contributed by atoms with van der Waals surface area (Å²) < 4.78 is 47.6. The van der Waals surface area contributed by atoms with E-state index in [0.29, 0.717) is 32.5 Å². The average molecular weight is 407 g/mol. The Morgan fingerprint density at radius 2 is 2.21 bits per heavy atom. The summed E-state index contributed by atoms with van der Waals surface area (Å²) in [5.74, 6) is -0.382. The number of aryl methyl sites for hydroxylation is 2. The zero-order valence-corrected chi connectivity index (χ0v) is 15.8. The fourth-order valence-electron chi connectivity index (χ4n) is 3.83. The van der Waals surface area contributed by atoms with Crippen molar-refractivity contribution >= 4 is 17.0 Å². The minimum absolute atomic E-state index is 0.0528. The van der Waals surface area contributed by atoms with Crippen molar-refractivity contribution in [1.82, 2.24) is 24.8 Å². The van der Waals surface area contributed by atoms with Crippen molar-refractivity contribution in [3.05, 3.63) is 41.5 Å². The Kier molecular flexibility index (Phi) is 5.01. The number of rotatable bonds is 4. The molecule has 1 aliphatic heterocycles. The number of hydrogen-bond acceptors (Lipinski definition) is 5. The summed E-state index contributed by atoms with van der Waals surface area (Å²) in [7, 11) is 0. The monoisotopic (exact) mass is 407 g/mol. The van der Waals surface area contributed by atoms with Gasteiger partial charge in [0.05, 0.1) is 16.6 Å². The number of alkyl halides is 3. The Hall–Kier alpha value is -2.91. The summed E-state index contributed by atoms with van der Waals surface area (Å²) in [5.41, 5.74) is -0.469. The summed E-state index contributed by atoms with van der Waals surface area (Å²) in [6, 6.07) is 2.80. The molecule has 1 saturated heterocycles. The molecule has 0 radical (unpaired) electrons. The van der Waals surface area contributed by atoms with E-state index < -0.39 is 11.7 Å². The van der Waals surface area contributed by atoms with Crippen LogP contribution in [0.5, 0.6) is 0 Å². The molecule has 3 aromatic rings. The Labute approximate surface area is 164 Å². The number of pyridine rings is 1. The summed E-state index contributed by atoms with van der Waals surface area (Å²) in [5, 5.41) is 7.90. The van der Waals surface area contributed by atoms with E-state index in [0.717, 1.165) is 6.07 Å². The number of aromatic nitrogens is 4. The summed E-state index contributed by atoms with van der Waals surface area (Å²) in [6.45, 7) is 2.83. The molecule has 1 unspecified atom stereocenters. The molecule has 0 spiro atoms. The quantitative estimate of drug-likeness (QED) is 0.661. The van der Waals surface area contributed by atoms with Gasteiger partial charge in [0.2, 0.25) is 5.91 Å². The highest BCUT2D eigenvalue weighted by molar-refractivity contribution is 5.82. The van der Waals surface area contributed by atoms with E-state index in [4.69, 9.17) is 4.52 Å². The van der Waals surface area contributed by atoms with Gasteiger partial charge in [-0.15, -0.1) is 0 Å². The van der Waals surface area contributed by atoms with Gasteiger partial charge < -0.3 is 9.42 Å². The highest BCUT2D eigenvalue weighted by Crippen LogP contribution is 2.40. The Balaban J connectivity index is 1.57. The first kappa shape index (κ1) is 19.4. The molecule has 3 aromatic heterocycles. The lowest BCUT2D eigenvalue weighted by Crippen LogP contribution is -2.39. The number of carbonyl (C=O) groups excluding carboxylic acids is 1. The third kappa shape index (κ3) is 3.96. The van der Waals surface area contributed by atoms with Crippen LogP contribution in [-0.4, -0.2) is 43.8 Å². The van der Waals surface area contributed by atoms with Crippen molar-refractivity contribution in [3.8, 4) is 0 Å². The topological polar surface area (TPSA) is 77.0 Å². The maximum absolute atomic E-state index is 13.6. The molecule has 29 heavy (non-hydrogen) atoms. The normalized spacial score (nSPS) is 17.8. The maximum atomic E-state index is 13.6. The highest BCUT2D eigenvalue weighted by Gasteiger charge is 2.38. The van der Waals surface area contributed by atoms with Crippen LogP contribution in [0.3, 0.4) is 0 Å². The zero-order valence-electron chi connectivity index (χ0n) is 15.8. The summed E-state index contributed by atoms with van der Waals surface area (Å²) in [4.78, 5) is 18.3. The smallest absolute Gasteiger partial charge is 0.342 e. The second-order valence-electron chi connectivity index (χ2n) is 7.25. The SMILES string of the molecule is Cc1cc(C(F)(F)F)c2c(C3CCCN(C(=O)CCn4cccn4)C3)noc2n1. The van der Waals surface area contributed by atoms with Gasteiger partial charge in [-0.05, 0) is 31.9 Å². The number of carbonyl (C=O) groups is 1. The Bertz CT molecular complexity index is 1010. The van der Waals surface area contributed by atoms with E-state index in [1.54, 1.807) is 28.0 Å². The van der Waals surface area contributed by atoms with Gasteiger partial charge >= 0.3 is 6.18 Å². The van der Waals surface area contributed by atoms with Crippen LogP contribution in [0.25, 0.3) is 11.1 Å². The molecule has 0 aromatic carbocycles. The van der Waals surface area contributed by atoms with Crippen LogP contribution in [-0.2, 0) is 17.5 Å². The minimum Gasteiger partial charge on any atom is -0.342 e. The first-order valence-corrected chi connectivity index (χ1v) is 9.42. The number of amides is 1. The van der Waals surface area contributed by atoms with E-state index in [9.17, 15) is 18.0 Å². The molecule has 1 atom stereocenters. The molecule has 4 rings (SSSR count). The molecule has 0 saturated carbocycles. The van der Waals surface area contributed by atoms with Crippen LogP contribution in [0.2, 0.25) is 0 Å². The van der Waals surface area contributed by atoms with Gasteiger partial charge in [-0.1, -0.05) is 5.16 Å². The predicted octanol–water partition coefficient (Wildman–Crippen LogP) is 3.54. The fourth-order valence-corrected chi connectivity index (χ4v) is 3.83. The molecule has 1 fully saturated rings. The highest BCUT2D eigenvalue weighted by atomic mass is 19.4. The van der Waals surface area contributed by atoms with Gasteiger partial charge in [0.1, 0.15) is 0 Å². The molecular formula is C19H20F3N5O2. The predicted molar refractivity (Wildman–Crippen MR) is 96.9 cm³/mol. The maximum Gasteiger partial charge on any atom is 0.417 e. The molecule has 4 heterocycles. The van der Waals surface area contributed by atoms with Gasteiger partial charge in [0.15, 0.2) is 0 Å². The third-order valence-electron chi connectivity index (χ3n) is 5.18. The second kappa shape index (κ2) is 7.49. The molecule has 7 nitrogen and oxygen atoms in total. The molecule has 0 N–H and O–H groups in total. The van der Waals surface area contributed by atoms with Gasteiger partial charge in [-0.3, -0.25) is 9.48 Å². The molecule has 1 aliphatic rings. The van der Waals surface area contributed by atoms with E-state index in [1.165, 1.54) is 6.92 Å². The molecule has 0 aliphatic carbocycles. The second-order valence-corrected chi connectivity index (χ2v) is 7.25. The summed E-state index contributed by atoms with van der Waals surface area (Å²) >= 11 is 0. The number of piperidine rings is 1. The van der Waals surface area contributed by atoms with Crippen molar-refractivity contribution < 1.29 is 22.5 Å². The number of halogens is 3. The molecule has 154 valence electrons. The third-order valence-corrected chi connectivity index (χ3v) is 5.18. The molecule has 0 bridgehead atoms. The van der Waals surface area contributed by atoms with Crippen molar-refractivity contribution in [2.24, 2.45) is 0 Å². The van der Waals surface area contributed by atoms with Crippen molar-refractivity contribution in [3.63, 3.8) is 0 Å². The van der Waals surface area contributed by atoms with Crippen LogP contribution in [0, 0.1) is 6.92 Å². The number of nitrogens with zero attached hydrogens (tertiary/aromatic N) is 5. The standard InChI is InChI=1S/C19H20F3N5O2/c1-12-10-14(19(20,21)22)16-17(25-29-18(16)24-12)13-4-2-7-26(11-13)15(28)5-9-27-8-3-6-23-27/h3,6,8,10,13H,2,4-5,7,9,11H2,1H3. The van der Waals surface area contributed by atoms with E-state index in [2.05, 4.69) is 15.2 Å². The van der Waals surface area contributed by atoms with Crippen molar-refractivity contribution in [2.45, 2.75) is 44.8 Å². The van der Waals surface area contributed by atoms with Crippen molar-refractivity contribution in [2.75, 3.05) is 13.1 Å². The number of likely N-dealkylation sites (tertiary alicyclic amines) is 1. The lowest BCUT2D eigenvalue weighted by Gasteiger charge is -2.32. The Morgan fingerprint density at radius 3 is 2.93 bits per heavy atom. The number of fused-ring (bicyclic) bond motifs is 1. The fraction of sp³-hybridized carbons (Fsp3) is 0.474. The van der Waals surface area contributed by atoms with Crippen LogP contribution in [0.4, 0.5) is 13.2 Å². The van der Waals surface area contributed by atoms with Crippen LogP contribution in [0.1, 0.15) is 42.1 Å². The van der Waals surface area contributed by atoms with Gasteiger partial charge in [-0.2, -0.15) is 18.3 Å². The molecular weight excluding hydrogens is 387 g/mol. The lowest BCUT2D eigenvalue weighted by molar-refractivity contribution is -0.136. The van der Waals surface area contributed by atoms with E-state index >= 15 is 0 Å². The molecule has 1 amide bonds. The number of hydrogen-bond donors (Lipinski definition) is 0. The Morgan fingerprint density at radius 1 is 1.38 bits per heavy atom. The average Bonchev–Trinajstić information content (AvgIpc) is 3.34. The van der Waals surface area contributed by atoms with Gasteiger partial charge in [-0.25, -0.2) is 4.98 Å². The first-order chi connectivity index (χ1) is 13.8. The van der Waals surface area contributed by atoms with Crippen molar-refractivity contribution in [1.29, 1.82) is 0 Å². The summed E-state index contributed by atoms with van der Waals surface area (Å²) in [6.07, 6.45) is 0.484. The minimum atomic E-state index is -4.54. The van der Waals surface area contributed by atoms with E-state index in [-0.39, 0.29) is 40.7 Å². The van der Waals surface area contributed by atoms with Crippen LogP contribution < -0.4 is 0 Å². The van der Waals surface area contributed by atoms with Gasteiger partial charge in [0, 0.05) is 50.1 Å². The van der Waals surface area contributed by atoms with Gasteiger partial charge in [0.25, 0.3) is 5.71 Å². The van der Waals surface area contributed by atoms with Crippen LogP contribution >= 0.6 is 0 Å². The van der Waals surface area contributed by atoms with Crippen LogP contribution in [0.15, 0.2) is 29.0 Å².